The van der Waals surface area contributed by atoms with Gasteiger partial charge in [0.05, 0.1) is 18.7 Å². The summed E-state index contributed by atoms with van der Waals surface area (Å²) >= 11 is 6.31. The third-order valence-electron chi connectivity index (χ3n) is 4.97. The normalized spacial score (nSPS) is 20.5. The quantitative estimate of drug-likeness (QED) is 0.735. The molecule has 1 aromatic carbocycles. The highest BCUT2D eigenvalue weighted by atomic mass is 35.5. The number of halogens is 1. The van der Waals surface area contributed by atoms with E-state index < -0.39 is 18.0 Å². The summed E-state index contributed by atoms with van der Waals surface area (Å²) in [5.41, 5.74) is 1.43. The van der Waals surface area contributed by atoms with Crippen LogP contribution in [0.3, 0.4) is 0 Å². The first-order valence-corrected chi connectivity index (χ1v) is 9.39. The van der Waals surface area contributed by atoms with E-state index in [0.29, 0.717) is 54.6 Å². The van der Waals surface area contributed by atoms with Gasteiger partial charge in [-0.2, -0.15) is 0 Å². The number of hydrogen-bond donors (Lipinski definition) is 2. The van der Waals surface area contributed by atoms with Crippen LogP contribution in [-0.2, 0) is 14.3 Å². The topological polar surface area (TPSA) is 91.0 Å². The van der Waals surface area contributed by atoms with Crippen molar-refractivity contribution in [1.29, 1.82) is 0 Å². The van der Waals surface area contributed by atoms with Crippen LogP contribution in [-0.4, -0.2) is 67.5 Å². The van der Waals surface area contributed by atoms with Gasteiger partial charge in [0.1, 0.15) is 0 Å². The molecule has 0 aromatic heterocycles. The maximum Gasteiger partial charge on any atom is 0.338 e. The van der Waals surface area contributed by atoms with E-state index in [9.17, 15) is 14.4 Å². The Morgan fingerprint density at radius 2 is 1.89 bits per heavy atom. The zero-order valence-corrected chi connectivity index (χ0v) is 16.6. The van der Waals surface area contributed by atoms with Crippen molar-refractivity contribution >= 4 is 29.5 Å². The van der Waals surface area contributed by atoms with Crippen LogP contribution in [0.1, 0.15) is 18.5 Å². The third kappa shape index (κ3) is 4.28. The minimum absolute atomic E-state index is 0.0445. The molecule has 1 unspecified atom stereocenters. The Labute approximate surface area is 168 Å². The van der Waals surface area contributed by atoms with Crippen LogP contribution in [0.25, 0.3) is 0 Å². The van der Waals surface area contributed by atoms with E-state index in [1.807, 2.05) is 0 Å². The maximum atomic E-state index is 12.6. The summed E-state index contributed by atoms with van der Waals surface area (Å²) in [5, 5.41) is 5.96. The molecule has 0 radical (unpaired) electrons. The molecule has 8 nitrogen and oxygen atoms in total. The molecule has 9 heteroatoms. The molecule has 150 valence electrons. The van der Waals surface area contributed by atoms with Crippen LogP contribution in [0.4, 0.5) is 4.79 Å². The summed E-state index contributed by atoms with van der Waals surface area (Å²) in [6.07, 6.45) is 0. The average molecular weight is 407 g/mol. The van der Waals surface area contributed by atoms with E-state index in [1.54, 1.807) is 36.1 Å². The highest BCUT2D eigenvalue weighted by Gasteiger charge is 2.35. The fourth-order valence-corrected chi connectivity index (χ4v) is 3.73. The number of amides is 3. The lowest BCUT2D eigenvalue weighted by atomic mass is 9.95. The lowest BCUT2D eigenvalue weighted by Gasteiger charge is -2.36. The number of carbonyl (C=O) groups excluding carboxylic acids is 3. The Bertz CT molecular complexity index is 818. The largest absolute Gasteiger partial charge is 0.466 e. The van der Waals surface area contributed by atoms with Gasteiger partial charge in [-0.3, -0.25) is 9.69 Å². The molecule has 3 rings (SSSR count). The number of esters is 1. The van der Waals surface area contributed by atoms with Crippen molar-refractivity contribution in [1.82, 2.24) is 20.4 Å². The Morgan fingerprint density at radius 3 is 2.50 bits per heavy atom. The van der Waals surface area contributed by atoms with Gasteiger partial charge < -0.3 is 20.3 Å². The molecule has 3 amide bonds. The zero-order chi connectivity index (χ0) is 20.3. The number of nitrogens with one attached hydrogen (secondary N) is 2. The fourth-order valence-electron chi connectivity index (χ4n) is 3.48. The number of rotatable bonds is 4. The van der Waals surface area contributed by atoms with E-state index in [0.717, 1.165) is 0 Å². The van der Waals surface area contributed by atoms with Crippen molar-refractivity contribution in [2.45, 2.75) is 13.0 Å². The average Bonchev–Trinajstić information content (AvgIpc) is 2.68. The summed E-state index contributed by atoms with van der Waals surface area (Å²) < 4.78 is 4.98. The molecule has 1 fully saturated rings. The molecule has 0 spiro atoms. The van der Waals surface area contributed by atoms with Gasteiger partial charge in [-0.15, -0.1) is 0 Å². The molecule has 2 aliphatic heterocycles. The van der Waals surface area contributed by atoms with Gasteiger partial charge in [0.15, 0.2) is 0 Å². The molecule has 2 aliphatic rings. The van der Waals surface area contributed by atoms with Gasteiger partial charge in [-0.25, -0.2) is 9.59 Å². The Balaban J connectivity index is 1.90. The molecule has 0 bridgehead atoms. The second-order valence-electron chi connectivity index (χ2n) is 6.72. The van der Waals surface area contributed by atoms with Crippen molar-refractivity contribution in [3.05, 3.63) is 46.1 Å². The zero-order valence-electron chi connectivity index (χ0n) is 15.8. The van der Waals surface area contributed by atoms with Crippen molar-refractivity contribution < 1.29 is 19.1 Å². The van der Waals surface area contributed by atoms with Crippen molar-refractivity contribution in [3.63, 3.8) is 0 Å². The lowest BCUT2D eigenvalue weighted by molar-refractivity contribution is -0.136. The molecule has 1 atom stereocenters. The molecule has 1 aromatic rings. The van der Waals surface area contributed by atoms with Gasteiger partial charge in [0.25, 0.3) is 0 Å². The van der Waals surface area contributed by atoms with E-state index in [2.05, 4.69) is 15.5 Å². The number of benzene rings is 1. The molecule has 2 heterocycles. The van der Waals surface area contributed by atoms with Gasteiger partial charge >= 0.3 is 12.0 Å². The second kappa shape index (κ2) is 8.62. The predicted octanol–water partition coefficient (Wildman–Crippen LogP) is 1.29. The van der Waals surface area contributed by atoms with Crippen LogP contribution in [0, 0.1) is 0 Å². The fraction of sp³-hybridized carbons (Fsp3) is 0.421. The van der Waals surface area contributed by atoms with E-state index in [1.165, 1.54) is 7.11 Å². The van der Waals surface area contributed by atoms with Crippen LogP contribution < -0.4 is 10.6 Å². The monoisotopic (exact) mass is 406 g/mol. The molecule has 28 heavy (non-hydrogen) atoms. The minimum Gasteiger partial charge on any atom is -0.466 e. The van der Waals surface area contributed by atoms with Crippen molar-refractivity contribution in [3.8, 4) is 0 Å². The standard InChI is InChI=1S/C19H23ClN4O4/c1-12(25)24-9-7-23(8-10-24)11-15-16(18(26)28-2)17(22-19(27)21-15)13-5-3-4-6-14(13)20/h3-6,17H,7-11H2,1-2H3,(H2,21,22,27). The first-order chi connectivity index (χ1) is 13.4. The van der Waals surface area contributed by atoms with E-state index in [-0.39, 0.29) is 5.91 Å². The number of nitrogens with zero attached hydrogens (tertiary/aromatic N) is 2. The smallest absolute Gasteiger partial charge is 0.338 e. The lowest BCUT2D eigenvalue weighted by Crippen LogP contribution is -2.52. The van der Waals surface area contributed by atoms with Gasteiger partial charge in [-0.1, -0.05) is 29.8 Å². The SMILES string of the molecule is COC(=O)C1=C(CN2CCN(C(C)=O)CC2)NC(=O)NC1c1ccccc1Cl. The number of ether oxygens (including phenoxy) is 1. The molecule has 2 N–H and O–H groups in total. The number of methoxy groups -OCH3 is 1. The molecular weight excluding hydrogens is 384 g/mol. The van der Waals surface area contributed by atoms with Crippen LogP contribution >= 0.6 is 11.6 Å². The highest BCUT2D eigenvalue weighted by Crippen LogP contribution is 2.32. The van der Waals surface area contributed by atoms with Gasteiger partial charge in [-0.05, 0) is 11.6 Å². The van der Waals surface area contributed by atoms with E-state index >= 15 is 0 Å². The van der Waals surface area contributed by atoms with Crippen LogP contribution in [0.2, 0.25) is 5.02 Å². The summed E-state index contributed by atoms with van der Waals surface area (Å²) in [7, 11) is 1.30. The number of carbonyl (C=O) groups is 3. The molecule has 1 saturated heterocycles. The van der Waals surface area contributed by atoms with E-state index in [4.69, 9.17) is 16.3 Å². The van der Waals surface area contributed by atoms with Crippen molar-refractivity contribution in [2.75, 3.05) is 39.8 Å². The first kappa shape index (κ1) is 20.2. The predicted molar refractivity (Wildman–Crippen MR) is 104 cm³/mol. The highest BCUT2D eigenvalue weighted by molar-refractivity contribution is 6.31. The molecular formula is C19H23ClN4O4. The number of urea groups is 1. The summed E-state index contributed by atoms with van der Waals surface area (Å²) in [6, 6.07) is 5.94. The Kier molecular flexibility index (Phi) is 6.21. The minimum atomic E-state index is -0.705. The third-order valence-corrected chi connectivity index (χ3v) is 5.32. The van der Waals surface area contributed by atoms with Gasteiger partial charge in [0, 0.05) is 50.4 Å². The Morgan fingerprint density at radius 1 is 1.21 bits per heavy atom. The second-order valence-corrected chi connectivity index (χ2v) is 7.13. The number of piperazine rings is 1. The van der Waals surface area contributed by atoms with Crippen LogP contribution in [0.5, 0.6) is 0 Å². The Hall–Kier alpha value is -2.58. The summed E-state index contributed by atoms with van der Waals surface area (Å²) in [6.45, 7) is 4.43. The maximum absolute atomic E-state index is 12.6. The summed E-state index contributed by atoms with van der Waals surface area (Å²) in [4.78, 5) is 40.2. The molecule has 0 saturated carbocycles. The molecule has 0 aliphatic carbocycles. The first-order valence-electron chi connectivity index (χ1n) is 9.02. The van der Waals surface area contributed by atoms with Crippen molar-refractivity contribution in [2.24, 2.45) is 0 Å². The summed E-state index contributed by atoms with van der Waals surface area (Å²) in [5.74, 6) is -0.488. The number of hydrogen-bond acceptors (Lipinski definition) is 5. The van der Waals surface area contributed by atoms with Crippen LogP contribution in [0.15, 0.2) is 35.5 Å². The van der Waals surface area contributed by atoms with Gasteiger partial charge in [0.2, 0.25) is 5.91 Å².